The lowest BCUT2D eigenvalue weighted by Gasteiger charge is -2.26. The highest BCUT2D eigenvalue weighted by atomic mass is 35.5. The lowest BCUT2D eigenvalue weighted by atomic mass is 9.95. The van der Waals surface area contributed by atoms with E-state index in [9.17, 15) is 14.7 Å². The third-order valence-electron chi connectivity index (χ3n) is 4.55. The van der Waals surface area contributed by atoms with Gasteiger partial charge in [-0.1, -0.05) is 23.7 Å². The molecule has 0 fully saturated rings. The summed E-state index contributed by atoms with van der Waals surface area (Å²) in [5.74, 6) is -1.47. The Kier molecular flexibility index (Phi) is 5.68. The highest BCUT2D eigenvalue weighted by Crippen LogP contribution is 2.39. The first kappa shape index (κ1) is 19.2. The van der Waals surface area contributed by atoms with E-state index in [-0.39, 0.29) is 11.3 Å². The predicted molar refractivity (Wildman–Crippen MR) is 101 cm³/mol. The normalized spacial score (nSPS) is 17.3. The summed E-state index contributed by atoms with van der Waals surface area (Å²) in [6, 6.07) is 9.36. The fourth-order valence-electron chi connectivity index (χ4n) is 3.25. The maximum atomic E-state index is 12.9. The van der Waals surface area contributed by atoms with Crippen LogP contribution in [-0.2, 0) is 4.79 Å². The van der Waals surface area contributed by atoms with Gasteiger partial charge < -0.3 is 19.3 Å². The molecular formula is C20H22ClN2O4+. The van der Waals surface area contributed by atoms with Crippen molar-refractivity contribution < 1.29 is 24.0 Å². The molecule has 1 atom stereocenters. The number of Topliss-reactive ketones (excluding diaryl/α,β-unsaturated/α-hetero) is 1. The quantitative estimate of drug-likeness (QED) is 0.711. The van der Waals surface area contributed by atoms with Crippen LogP contribution >= 0.6 is 11.6 Å². The summed E-state index contributed by atoms with van der Waals surface area (Å²) < 4.78 is 5.19. The first-order chi connectivity index (χ1) is 12.9. The Morgan fingerprint density at radius 3 is 2.56 bits per heavy atom. The number of rotatable bonds is 7. The van der Waals surface area contributed by atoms with Crippen LogP contribution in [0.2, 0.25) is 5.02 Å². The number of ketones is 1. The molecule has 2 N–H and O–H groups in total. The first-order valence-corrected chi connectivity index (χ1v) is 9.14. The second-order valence-electron chi connectivity index (χ2n) is 6.83. The van der Waals surface area contributed by atoms with E-state index in [1.165, 1.54) is 22.1 Å². The molecule has 0 radical (unpaired) electrons. The third-order valence-corrected chi connectivity index (χ3v) is 4.81. The molecule has 142 valence electrons. The molecule has 1 aliphatic heterocycles. The number of hydrogen-bond donors (Lipinski definition) is 2. The molecule has 0 aliphatic carbocycles. The van der Waals surface area contributed by atoms with Gasteiger partial charge in [-0.15, -0.1) is 0 Å². The Labute approximate surface area is 162 Å². The second-order valence-corrected chi connectivity index (χ2v) is 7.27. The zero-order valence-corrected chi connectivity index (χ0v) is 16.0. The number of carbonyl (C=O) groups is 2. The molecule has 0 saturated carbocycles. The van der Waals surface area contributed by atoms with E-state index in [0.717, 1.165) is 13.0 Å². The Morgan fingerprint density at radius 1 is 1.26 bits per heavy atom. The van der Waals surface area contributed by atoms with Crippen LogP contribution in [0, 0.1) is 0 Å². The van der Waals surface area contributed by atoms with E-state index in [1.807, 2.05) is 14.1 Å². The van der Waals surface area contributed by atoms with Gasteiger partial charge in [0.1, 0.15) is 0 Å². The number of halogens is 1. The summed E-state index contributed by atoms with van der Waals surface area (Å²) in [4.78, 5) is 28.4. The van der Waals surface area contributed by atoms with Crippen molar-refractivity contribution in [2.24, 2.45) is 0 Å². The van der Waals surface area contributed by atoms with E-state index >= 15 is 0 Å². The van der Waals surface area contributed by atoms with E-state index in [1.54, 1.807) is 30.3 Å². The molecule has 0 bridgehead atoms. The lowest BCUT2D eigenvalue weighted by molar-refractivity contribution is -0.858. The smallest absolute Gasteiger partial charge is 0.290 e. The van der Waals surface area contributed by atoms with Crippen molar-refractivity contribution in [3.63, 3.8) is 0 Å². The number of quaternary nitrogens is 1. The molecule has 2 heterocycles. The Balaban J connectivity index is 1.99. The third kappa shape index (κ3) is 3.91. The van der Waals surface area contributed by atoms with E-state index in [0.29, 0.717) is 17.1 Å². The highest BCUT2D eigenvalue weighted by molar-refractivity contribution is 6.30. The molecule has 6 nitrogen and oxygen atoms in total. The average molecular weight is 390 g/mol. The SMILES string of the molecule is C[NH+](C)CCCN1C(=O)C(O)=C(C(=O)c2ccco2)C1c1ccc(Cl)cc1. The van der Waals surface area contributed by atoms with Gasteiger partial charge in [0.25, 0.3) is 5.91 Å². The van der Waals surface area contributed by atoms with Crippen LogP contribution in [0.25, 0.3) is 0 Å². The zero-order valence-electron chi connectivity index (χ0n) is 15.2. The average Bonchev–Trinajstić information content (AvgIpc) is 3.25. The first-order valence-electron chi connectivity index (χ1n) is 8.77. The monoisotopic (exact) mass is 389 g/mol. The summed E-state index contributed by atoms with van der Waals surface area (Å²) in [5, 5.41) is 11.0. The molecule has 1 aliphatic rings. The minimum absolute atomic E-state index is 0.0365. The minimum atomic E-state index is -0.676. The number of carbonyl (C=O) groups excluding carboxylic acids is 2. The van der Waals surface area contributed by atoms with E-state index in [2.05, 4.69) is 0 Å². The molecule has 27 heavy (non-hydrogen) atoms. The van der Waals surface area contributed by atoms with Crippen LogP contribution < -0.4 is 4.90 Å². The standard InChI is InChI=1S/C20H21ClN2O4/c1-22(2)10-4-11-23-17(13-6-8-14(21)9-7-13)16(19(25)20(23)26)18(24)15-5-3-12-27-15/h3,5-9,12,17,25H,4,10-11H2,1-2H3/p+1. The lowest BCUT2D eigenvalue weighted by Crippen LogP contribution is -3.05. The second kappa shape index (κ2) is 7.98. The molecule has 1 unspecified atom stereocenters. The van der Waals surface area contributed by atoms with E-state index < -0.39 is 23.5 Å². The number of furan rings is 1. The Hall–Kier alpha value is -2.57. The Morgan fingerprint density at radius 2 is 1.96 bits per heavy atom. The van der Waals surface area contributed by atoms with Crippen molar-refractivity contribution in [2.45, 2.75) is 12.5 Å². The maximum absolute atomic E-state index is 12.9. The fraction of sp³-hybridized carbons (Fsp3) is 0.300. The van der Waals surface area contributed by atoms with Gasteiger partial charge in [0.15, 0.2) is 11.5 Å². The van der Waals surface area contributed by atoms with Gasteiger partial charge in [-0.3, -0.25) is 9.59 Å². The van der Waals surface area contributed by atoms with Gasteiger partial charge >= 0.3 is 0 Å². The van der Waals surface area contributed by atoms with Crippen LogP contribution in [0.15, 0.2) is 58.4 Å². The van der Waals surface area contributed by atoms with Crippen LogP contribution in [0.1, 0.15) is 28.6 Å². The molecule has 2 aromatic rings. The van der Waals surface area contributed by atoms with Crippen LogP contribution in [-0.4, -0.2) is 48.9 Å². The van der Waals surface area contributed by atoms with Crippen molar-refractivity contribution in [2.75, 3.05) is 27.2 Å². The number of amides is 1. The summed E-state index contributed by atoms with van der Waals surface area (Å²) in [5.41, 5.74) is 0.748. The van der Waals surface area contributed by atoms with Gasteiger partial charge in [-0.2, -0.15) is 0 Å². The van der Waals surface area contributed by atoms with E-state index in [4.69, 9.17) is 16.0 Å². The number of benzene rings is 1. The summed E-state index contributed by atoms with van der Waals surface area (Å²) in [6.07, 6.45) is 2.13. The van der Waals surface area contributed by atoms with Crippen molar-refractivity contribution in [1.29, 1.82) is 0 Å². The fourth-order valence-corrected chi connectivity index (χ4v) is 3.38. The molecule has 1 aromatic heterocycles. The number of nitrogens with zero attached hydrogens (tertiary/aromatic N) is 1. The minimum Gasteiger partial charge on any atom is -0.503 e. The summed E-state index contributed by atoms with van der Waals surface area (Å²) >= 11 is 5.98. The largest absolute Gasteiger partial charge is 0.503 e. The molecule has 1 aromatic carbocycles. The number of hydrogen-bond acceptors (Lipinski definition) is 4. The van der Waals surface area contributed by atoms with Crippen LogP contribution in [0.3, 0.4) is 0 Å². The molecule has 0 spiro atoms. The molecule has 1 amide bonds. The van der Waals surface area contributed by atoms with Crippen molar-refractivity contribution in [3.05, 3.63) is 70.3 Å². The maximum Gasteiger partial charge on any atom is 0.290 e. The van der Waals surface area contributed by atoms with Crippen molar-refractivity contribution >= 4 is 23.3 Å². The van der Waals surface area contributed by atoms with Gasteiger partial charge in [0, 0.05) is 18.0 Å². The number of aliphatic hydroxyl groups excluding tert-OH is 1. The predicted octanol–water partition coefficient (Wildman–Crippen LogP) is 2.05. The van der Waals surface area contributed by atoms with Crippen molar-refractivity contribution in [3.8, 4) is 0 Å². The van der Waals surface area contributed by atoms with Gasteiger partial charge in [-0.05, 0) is 29.8 Å². The topological polar surface area (TPSA) is 75.2 Å². The summed E-state index contributed by atoms with van der Waals surface area (Å²) in [6.45, 7) is 1.29. The van der Waals surface area contributed by atoms with Crippen LogP contribution in [0.4, 0.5) is 0 Å². The van der Waals surface area contributed by atoms with Gasteiger partial charge in [0.05, 0.1) is 38.5 Å². The summed E-state index contributed by atoms with van der Waals surface area (Å²) in [7, 11) is 4.06. The van der Waals surface area contributed by atoms with Crippen molar-refractivity contribution in [1.82, 2.24) is 4.90 Å². The van der Waals surface area contributed by atoms with Gasteiger partial charge in [-0.25, -0.2) is 0 Å². The molecular weight excluding hydrogens is 368 g/mol. The van der Waals surface area contributed by atoms with Crippen LogP contribution in [0.5, 0.6) is 0 Å². The number of aliphatic hydroxyl groups is 1. The molecule has 0 saturated heterocycles. The molecule has 3 rings (SSSR count). The zero-order chi connectivity index (χ0) is 19.6. The highest BCUT2D eigenvalue weighted by Gasteiger charge is 2.44. The number of nitrogens with one attached hydrogen (secondary N) is 1. The molecule has 7 heteroatoms. The van der Waals surface area contributed by atoms with Gasteiger partial charge in [0.2, 0.25) is 5.78 Å². The Bertz CT molecular complexity index is 857.